The molecule has 0 aliphatic heterocycles. The molecule has 0 saturated carbocycles. The zero-order chi connectivity index (χ0) is 22.0. The van der Waals surface area contributed by atoms with Crippen LogP contribution in [0.15, 0.2) is 94.7 Å². The van der Waals surface area contributed by atoms with E-state index in [1.807, 2.05) is 60.7 Å². The number of fused-ring (bicyclic) bond motifs is 2. The first-order valence-electron chi connectivity index (χ1n) is 9.71. The van der Waals surface area contributed by atoms with Gasteiger partial charge in [0.05, 0.1) is 9.79 Å². The molecule has 154 valence electrons. The second kappa shape index (κ2) is 8.66. The summed E-state index contributed by atoms with van der Waals surface area (Å²) in [4.78, 5) is 25.6. The summed E-state index contributed by atoms with van der Waals surface area (Å²) in [5, 5.41) is 3.90. The van der Waals surface area contributed by atoms with Gasteiger partial charge in [0.1, 0.15) is 11.5 Å². The Hall–Kier alpha value is -3.57. The summed E-state index contributed by atoms with van der Waals surface area (Å²) in [6.07, 6.45) is 0. The van der Waals surface area contributed by atoms with Crippen molar-refractivity contribution in [2.24, 2.45) is 0 Å². The van der Waals surface area contributed by atoms with Crippen molar-refractivity contribution < 1.29 is 19.1 Å². The Balaban J connectivity index is 1.93. The zero-order valence-electron chi connectivity index (χ0n) is 17.2. The molecule has 0 saturated heterocycles. The maximum atomic E-state index is 12.3. The molecule has 4 aromatic carbocycles. The van der Waals surface area contributed by atoms with E-state index < -0.39 is 11.9 Å². The highest BCUT2D eigenvalue weighted by atomic mass is 32.2. The molecular formula is C26H20O4S. The first kappa shape index (κ1) is 20.7. The van der Waals surface area contributed by atoms with Gasteiger partial charge in [0.2, 0.25) is 0 Å². The van der Waals surface area contributed by atoms with Crippen molar-refractivity contribution in [3.8, 4) is 11.5 Å². The van der Waals surface area contributed by atoms with Gasteiger partial charge < -0.3 is 9.47 Å². The quantitative estimate of drug-likeness (QED) is 0.205. The van der Waals surface area contributed by atoms with Crippen molar-refractivity contribution >= 4 is 45.2 Å². The summed E-state index contributed by atoms with van der Waals surface area (Å²) in [5.74, 6) is -0.000958. The molecule has 0 atom stereocenters. The van der Waals surface area contributed by atoms with Gasteiger partial charge in [-0.1, -0.05) is 79.0 Å². The minimum Gasteiger partial charge on any atom is -0.425 e. The molecule has 4 rings (SSSR count). The summed E-state index contributed by atoms with van der Waals surface area (Å²) < 4.78 is 11.2. The van der Waals surface area contributed by atoms with Gasteiger partial charge in [-0.05, 0) is 40.6 Å². The molecule has 4 nitrogen and oxygen atoms in total. The third-order valence-corrected chi connectivity index (χ3v) is 5.95. The highest BCUT2D eigenvalue weighted by molar-refractivity contribution is 8.00. The van der Waals surface area contributed by atoms with E-state index in [0.717, 1.165) is 31.3 Å². The molecule has 0 spiro atoms. The molecule has 0 aliphatic rings. The fourth-order valence-electron chi connectivity index (χ4n) is 3.26. The SMILES string of the molecule is C=C(C)C(=O)Oc1ccc2ccccc2c1Sc1c(OC(C)=O)ccc2ccccc12. The molecule has 31 heavy (non-hydrogen) atoms. The lowest BCUT2D eigenvalue weighted by molar-refractivity contribution is -0.132. The Bertz CT molecular complexity index is 1340. The predicted octanol–water partition coefficient (Wildman–Crippen LogP) is 6.55. The van der Waals surface area contributed by atoms with Crippen LogP contribution in [0.3, 0.4) is 0 Å². The van der Waals surface area contributed by atoms with E-state index in [2.05, 4.69) is 6.58 Å². The normalized spacial score (nSPS) is 10.8. The standard InChI is InChI=1S/C26H20O4S/c1-16(2)26(28)30-23-15-13-19-9-5-7-11-21(19)25(23)31-24-20-10-6-4-8-18(20)12-14-22(24)29-17(3)27/h4-15H,1H2,2-3H3. The maximum absolute atomic E-state index is 12.3. The first-order chi connectivity index (χ1) is 14.9. The van der Waals surface area contributed by atoms with Gasteiger partial charge in [0, 0.05) is 12.5 Å². The largest absolute Gasteiger partial charge is 0.425 e. The molecule has 0 amide bonds. The Morgan fingerprint density at radius 1 is 0.710 bits per heavy atom. The van der Waals surface area contributed by atoms with Gasteiger partial charge in [-0.2, -0.15) is 0 Å². The number of benzene rings is 4. The third-order valence-electron chi connectivity index (χ3n) is 4.70. The van der Waals surface area contributed by atoms with Crippen LogP contribution in [0.25, 0.3) is 21.5 Å². The minimum absolute atomic E-state index is 0.315. The topological polar surface area (TPSA) is 52.6 Å². The zero-order valence-corrected chi connectivity index (χ0v) is 18.0. The van der Waals surface area contributed by atoms with Crippen molar-refractivity contribution in [1.29, 1.82) is 0 Å². The molecule has 0 N–H and O–H groups in total. The fourth-order valence-corrected chi connectivity index (χ4v) is 4.48. The monoisotopic (exact) mass is 428 g/mol. The molecular weight excluding hydrogens is 408 g/mol. The van der Waals surface area contributed by atoms with Crippen molar-refractivity contribution in [3.05, 3.63) is 84.9 Å². The number of hydrogen-bond acceptors (Lipinski definition) is 5. The Labute approximate surface area is 184 Å². The predicted molar refractivity (Wildman–Crippen MR) is 124 cm³/mol. The summed E-state index contributed by atoms with van der Waals surface area (Å²) in [6, 6.07) is 23.2. The van der Waals surface area contributed by atoms with E-state index in [9.17, 15) is 9.59 Å². The van der Waals surface area contributed by atoms with Crippen LogP contribution >= 0.6 is 11.8 Å². The smallest absolute Gasteiger partial charge is 0.338 e. The number of carbonyl (C=O) groups excluding carboxylic acids is 2. The molecule has 5 heteroatoms. The summed E-state index contributed by atoms with van der Waals surface area (Å²) in [6.45, 7) is 6.66. The molecule has 0 fully saturated rings. The fraction of sp³-hybridized carbons (Fsp3) is 0.0769. The molecule has 0 aliphatic carbocycles. The second-order valence-corrected chi connectivity index (χ2v) is 8.11. The number of carbonyl (C=O) groups is 2. The number of rotatable bonds is 5. The van der Waals surface area contributed by atoms with Crippen LogP contribution in [0.2, 0.25) is 0 Å². The van der Waals surface area contributed by atoms with E-state index in [1.54, 1.807) is 19.1 Å². The number of esters is 2. The summed E-state index contributed by atoms with van der Waals surface area (Å²) in [7, 11) is 0. The van der Waals surface area contributed by atoms with Crippen molar-refractivity contribution in [2.45, 2.75) is 23.6 Å². The van der Waals surface area contributed by atoms with E-state index in [0.29, 0.717) is 17.1 Å². The molecule has 0 aromatic heterocycles. The van der Waals surface area contributed by atoms with Gasteiger partial charge in [-0.15, -0.1) is 0 Å². The van der Waals surface area contributed by atoms with Gasteiger partial charge in [-0.3, -0.25) is 4.79 Å². The van der Waals surface area contributed by atoms with E-state index in [1.165, 1.54) is 18.7 Å². The number of ether oxygens (including phenoxy) is 2. The maximum Gasteiger partial charge on any atom is 0.338 e. The van der Waals surface area contributed by atoms with E-state index in [-0.39, 0.29) is 0 Å². The molecule has 0 unspecified atom stereocenters. The lowest BCUT2D eigenvalue weighted by atomic mass is 10.1. The van der Waals surface area contributed by atoms with Gasteiger partial charge in [0.15, 0.2) is 0 Å². The van der Waals surface area contributed by atoms with Crippen LogP contribution in [-0.2, 0) is 9.59 Å². The van der Waals surface area contributed by atoms with E-state index >= 15 is 0 Å². The first-order valence-corrected chi connectivity index (χ1v) is 10.5. The summed E-state index contributed by atoms with van der Waals surface area (Å²) >= 11 is 1.41. The highest BCUT2D eigenvalue weighted by Crippen LogP contribution is 2.46. The van der Waals surface area contributed by atoms with Gasteiger partial charge in [-0.25, -0.2) is 4.79 Å². The lowest BCUT2D eigenvalue weighted by Gasteiger charge is -2.16. The molecule has 0 bridgehead atoms. The van der Waals surface area contributed by atoms with Crippen molar-refractivity contribution in [2.75, 3.05) is 0 Å². The highest BCUT2D eigenvalue weighted by Gasteiger charge is 2.19. The third kappa shape index (κ3) is 4.32. The van der Waals surface area contributed by atoms with Crippen molar-refractivity contribution in [3.63, 3.8) is 0 Å². The summed E-state index contributed by atoms with van der Waals surface area (Å²) in [5.41, 5.74) is 0.315. The molecule has 4 aromatic rings. The van der Waals surface area contributed by atoms with Crippen LogP contribution in [0.4, 0.5) is 0 Å². The average Bonchev–Trinajstić information content (AvgIpc) is 2.76. The Morgan fingerprint density at radius 3 is 1.68 bits per heavy atom. The number of hydrogen-bond donors (Lipinski definition) is 0. The average molecular weight is 429 g/mol. The minimum atomic E-state index is -0.490. The molecule has 0 heterocycles. The Morgan fingerprint density at radius 2 is 1.19 bits per heavy atom. The van der Waals surface area contributed by atoms with Crippen LogP contribution in [0.1, 0.15) is 13.8 Å². The van der Waals surface area contributed by atoms with Crippen LogP contribution in [-0.4, -0.2) is 11.9 Å². The second-order valence-electron chi connectivity index (χ2n) is 7.09. The van der Waals surface area contributed by atoms with Crippen LogP contribution < -0.4 is 9.47 Å². The molecule has 0 radical (unpaired) electrons. The van der Waals surface area contributed by atoms with Crippen LogP contribution in [0, 0.1) is 0 Å². The van der Waals surface area contributed by atoms with Crippen molar-refractivity contribution in [1.82, 2.24) is 0 Å². The van der Waals surface area contributed by atoms with Crippen LogP contribution in [0.5, 0.6) is 11.5 Å². The van der Waals surface area contributed by atoms with Gasteiger partial charge in [0.25, 0.3) is 0 Å². The van der Waals surface area contributed by atoms with E-state index in [4.69, 9.17) is 9.47 Å². The Kier molecular flexibility index (Phi) is 5.78. The lowest BCUT2D eigenvalue weighted by Crippen LogP contribution is -2.09. The van der Waals surface area contributed by atoms with Gasteiger partial charge >= 0.3 is 11.9 Å².